The van der Waals surface area contributed by atoms with Crippen molar-refractivity contribution in [1.82, 2.24) is 4.57 Å². The molecule has 4 heterocycles. The van der Waals surface area contributed by atoms with E-state index < -0.39 is 6.71 Å². The topological polar surface area (TPSA) is 78.6 Å². The van der Waals surface area contributed by atoms with Gasteiger partial charge in [0.15, 0.2) is 0 Å². The quantitative estimate of drug-likeness (QED) is 0.119. The Labute approximate surface area is 600 Å². The summed E-state index contributed by atoms with van der Waals surface area (Å²) in [5.74, 6) is 0. The molecule has 0 amide bonds. The standard InChI is InChI=1S/C94H70BN7O/c1-93(2,3)65-43-51-81-76(53-65)77-54-66(94(4,5)6)44-52-82(77)100(81)72-56-85-90-86(57-72)102(80-37-23-20-34-74(80)64-27-13-8-14-28-64)87-58-84(99(68-31-17-10-18-32-68)70-47-41-62(60-97)42-48-70)89-75-35-21-24-38-88(75)103-92(89)91(87)95(90)78-50-49-71(98(67-29-15-9-16-30-67)69-45-39-61(59-96)40-46-69)55-83(78)101(85)79-36-22-19-33-73(79)63-25-11-7-12-26-63/h7-58H,1-6H3. The summed E-state index contributed by atoms with van der Waals surface area (Å²) in [6.45, 7) is 13.4. The Balaban J connectivity index is 1.04. The van der Waals surface area contributed by atoms with Crippen LogP contribution < -0.4 is 36.0 Å². The third kappa shape index (κ3) is 10.3. The Bertz CT molecular complexity index is 6030. The van der Waals surface area contributed by atoms with Gasteiger partial charge >= 0.3 is 0 Å². The van der Waals surface area contributed by atoms with E-state index in [9.17, 15) is 10.5 Å². The molecule has 18 rings (SSSR count). The van der Waals surface area contributed by atoms with E-state index in [2.05, 4.69) is 357 Å². The van der Waals surface area contributed by atoms with Crippen LogP contribution in [-0.4, -0.2) is 11.3 Å². The molecule has 0 N–H and O–H groups in total. The van der Waals surface area contributed by atoms with Crippen LogP contribution in [0.15, 0.2) is 320 Å². The number of aromatic nitrogens is 1. The van der Waals surface area contributed by atoms with Crippen LogP contribution in [0.25, 0.3) is 71.7 Å². The molecule has 0 aliphatic carbocycles. The van der Waals surface area contributed by atoms with E-state index in [0.717, 1.165) is 146 Å². The highest BCUT2D eigenvalue weighted by molar-refractivity contribution is 7.01. The first-order valence-electron chi connectivity index (χ1n) is 35.3. The number of benzene rings is 14. The number of anilines is 12. The first-order chi connectivity index (χ1) is 50.3. The van der Waals surface area contributed by atoms with Crippen LogP contribution in [0.1, 0.15) is 63.8 Å². The van der Waals surface area contributed by atoms with Gasteiger partial charge in [-0.25, -0.2) is 0 Å². The molecule has 490 valence electrons. The molecule has 16 aromatic rings. The molecule has 0 spiro atoms. The summed E-state index contributed by atoms with van der Waals surface area (Å²) in [5.41, 5.74) is 27.2. The minimum atomic E-state index is -0.461. The summed E-state index contributed by atoms with van der Waals surface area (Å²) in [5, 5.41) is 24.8. The predicted octanol–water partition coefficient (Wildman–Crippen LogP) is 23.4. The van der Waals surface area contributed by atoms with Crippen LogP contribution in [0.2, 0.25) is 0 Å². The highest BCUT2D eigenvalue weighted by Crippen LogP contribution is 2.54. The molecule has 14 aromatic carbocycles. The molecular weight excluding hydrogens is 1250 g/mol. The summed E-state index contributed by atoms with van der Waals surface area (Å²) in [6.07, 6.45) is 0. The number of furan rings is 1. The van der Waals surface area contributed by atoms with Crippen molar-refractivity contribution < 1.29 is 4.42 Å². The lowest BCUT2D eigenvalue weighted by atomic mass is 9.33. The molecule has 2 aliphatic rings. The van der Waals surface area contributed by atoms with Gasteiger partial charge in [-0.1, -0.05) is 211 Å². The number of nitrogens with zero attached hydrogens (tertiary/aromatic N) is 7. The van der Waals surface area contributed by atoms with E-state index in [1.54, 1.807) is 0 Å². The maximum absolute atomic E-state index is 10.3. The van der Waals surface area contributed by atoms with Crippen molar-refractivity contribution in [3.8, 4) is 40.1 Å². The van der Waals surface area contributed by atoms with Crippen molar-refractivity contribution in [2.45, 2.75) is 52.4 Å². The van der Waals surface area contributed by atoms with E-state index in [4.69, 9.17) is 4.42 Å². The van der Waals surface area contributed by atoms with E-state index in [-0.39, 0.29) is 10.8 Å². The lowest BCUT2D eigenvalue weighted by Crippen LogP contribution is -2.61. The zero-order valence-electron chi connectivity index (χ0n) is 58.1. The van der Waals surface area contributed by atoms with Gasteiger partial charge in [-0.05, 0) is 195 Å². The van der Waals surface area contributed by atoms with Crippen molar-refractivity contribution in [2.24, 2.45) is 0 Å². The first-order valence-corrected chi connectivity index (χ1v) is 35.3. The van der Waals surface area contributed by atoms with Crippen molar-refractivity contribution >= 4 is 135 Å². The Morgan fingerprint density at radius 1 is 0.359 bits per heavy atom. The number of hydrogen-bond acceptors (Lipinski definition) is 7. The highest BCUT2D eigenvalue weighted by atomic mass is 16.3. The Morgan fingerprint density at radius 3 is 1.32 bits per heavy atom. The Morgan fingerprint density at radius 2 is 0.796 bits per heavy atom. The average molecular weight is 1320 g/mol. The molecule has 0 saturated carbocycles. The van der Waals surface area contributed by atoms with Crippen LogP contribution in [0.3, 0.4) is 0 Å². The monoisotopic (exact) mass is 1320 g/mol. The number of rotatable bonds is 11. The smallest absolute Gasteiger partial charge is 0.257 e. The largest absolute Gasteiger partial charge is 0.456 e. The fourth-order valence-electron chi connectivity index (χ4n) is 16.0. The molecular formula is C94H70BN7O. The van der Waals surface area contributed by atoms with Crippen LogP contribution in [0.5, 0.6) is 0 Å². The number of para-hydroxylation sites is 5. The third-order valence-corrected chi connectivity index (χ3v) is 20.9. The van der Waals surface area contributed by atoms with Gasteiger partial charge in [0.1, 0.15) is 11.2 Å². The zero-order chi connectivity index (χ0) is 69.8. The van der Waals surface area contributed by atoms with Crippen LogP contribution in [-0.2, 0) is 10.8 Å². The van der Waals surface area contributed by atoms with Gasteiger partial charge in [-0.2, -0.15) is 10.5 Å². The van der Waals surface area contributed by atoms with E-state index in [1.165, 1.54) is 21.9 Å². The van der Waals surface area contributed by atoms with E-state index in [1.807, 2.05) is 36.4 Å². The third-order valence-electron chi connectivity index (χ3n) is 20.9. The minimum Gasteiger partial charge on any atom is -0.456 e. The predicted molar refractivity (Wildman–Crippen MR) is 429 cm³/mol. The molecule has 0 saturated heterocycles. The molecule has 103 heavy (non-hydrogen) atoms. The van der Waals surface area contributed by atoms with Gasteiger partial charge < -0.3 is 28.6 Å². The lowest BCUT2D eigenvalue weighted by Gasteiger charge is -2.45. The van der Waals surface area contributed by atoms with Crippen molar-refractivity contribution in [2.75, 3.05) is 19.6 Å². The summed E-state index contributed by atoms with van der Waals surface area (Å²) >= 11 is 0. The number of fused-ring (bicyclic) bond motifs is 11. The summed E-state index contributed by atoms with van der Waals surface area (Å²) in [6, 6.07) is 118. The van der Waals surface area contributed by atoms with Crippen molar-refractivity contribution in [3.05, 3.63) is 338 Å². The fraction of sp³-hybridized carbons (Fsp3) is 0.0851. The normalized spacial score (nSPS) is 12.5. The van der Waals surface area contributed by atoms with Crippen LogP contribution >= 0.6 is 0 Å². The molecule has 2 aliphatic heterocycles. The molecule has 0 unspecified atom stereocenters. The molecule has 0 atom stereocenters. The molecule has 2 aromatic heterocycles. The maximum Gasteiger partial charge on any atom is 0.257 e. The number of nitriles is 2. The SMILES string of the molecule is CC(C)(C)c1ccc2c(c1)c1cc(C(C)(C)C)ccc1n2-c1cc2c3c(c1)N(c1ccccc1-c1ccccc1)c1cc(N(c4ccccc4)c4ccc(C#N)cc4)c4c(oc5ccccc54)c1B3c1ccc(N(c3ccccc3)c3ccc(C#N)cc3)cc1N2c1ccccc1-c1ccccc1. The van der Waals surface area contributed by atoms with Gasteiger partial charge in [0, 0.05) is 78.5 Å². The van der Waals surface area contributed by atoms with Gasteiger partial charge in [-0.3, -0.25) is 0 Å². The van der Waals surface area contributed by atoms with Gasteiger partial charge in [-0.15, -0.1) is 0 Å². The van der Waals surface area contributed by atoms with Crippen molar-refractivity contribution in [1.29, 1.82) is 10.5 Å². The highest BCUT2D eigenvalue weighted by Gasteiger charge is 2.48. The molecule has 8 nitrogen and oxygen atoms in total. The first kappa shape index (κ1) is 62.2. The Kier molecular flexibility index (Phi) is 14.7. The van der Waals surface area contributed by atoms with Crippen LogP contribution in [0.4, 0.5) is 68.2 Å². The summed E-state index contributed by atoms with van der Waals surface area (Å²) < 4.78 is 10.3. The van der Waals surface area contributed by atoms with Gasteiger partial charge in [0.25, 0.3) is 6.71 Å². The summed E-state index contributed by atoms with van der Waals surface area (Å²) in [7, 11) is 0. The van der Waals surface area contributed by atoms with Gasteiger partial charge in [0.2, 0.25) is 0 Å². The van der Waals surface area contributed by atoms with E-state index in [0.29, 0.717) is 11.1 Å². The van der Waals surface area contributed by atoms with Crippen molar-refractivity contribution in [3.63, 3.8) is 0 Å². The molecule has 0 fully saturated rings. The zero-order valence-corrected chi connectivity index (χ0v) is 58.1. The summed E-state index contributed by atoms with van der Waals surface area (Å²) in [4.78, 5) is 9.76. The lowest BCUT2D eigenvalue weighted by molar-refractivity contribution is 0.590. The van der Waals surface area contributed by atoms with E-state index >= 15 is 0 Å². The Hall–Kier alpha value is -13.1. The molecule has 0 radical (unpaired) electrons. The van der Waals surface area contributed by atoms with Gasteiger partial charge in [0.05, 0.1) is 62.4 Å². The fourth-order valence-corrected chi connectivity index (χ4v) is 16.0. The molecule has 9 heteroatoms. The minimum absolute atomic E-state index is 0.120. The second-order valence-corrected chi connectivity index (χ2v) is 29.1. The second kappa shape index (κ2) is 24.4. The maximum atomic E-state index is 10.3. The molecule has 0 bridgehead atoms. The second-order valence-electron chi connectivity index (χ2n) is 29.1. The number of hydrogen-bond donors (Lipinski definition) is 0. The average Bonchev–Trinajstić information content (AvgIpc) is 1.65. The van der Waals surface area contributed by atoms with Crippen LogP contribution in [0, 0.1) is 22.7 Å².